The van der Waals surface area contributed by atoms with E-state index in [1.807, 2.05) is 6.92 Å². The highest BCUT2D eigenvalue weighted by atomic mass is 19.4. The van der Waals surface area contributed by atoms with Gasteiger partial charge in [0, 0.05) is 24.3 Å². The largest absolute Gasteiger partial charge is 0.483 e. The SMILES string of the molecule is C=CC(OC(C)c1ccn2c(CCC)nnc2c1C(F)(F)F)=C(F)C=C(C)F. The molecule has 0 bridgehead atoms. The predicted molar refractivity (Wildman–Crippen MR) is 94.7 cm³/mol. The van der Waals surface area contributed by atoms with Gasteiger partial charge >= 0.3 is 6.18 Å². The number of alkyl halides is 3. The van der Waals surface area contributed by atoms with Crippen LogP contribution in [0.5, 0.6) is 0 Å². The number of hydrogen-bond acceptors (Lipinski definition) is 3. The van der Waals surface area contributed by atoms with E-state index in [0.29, 0.717) is 24.7 Å². The first-order chi connectivity index (χ1) is 13.1. The summed E-state index contributed by atoms with van der Waals surface area (Å²) < 4.78 is 74.8. The number of ether oxygens (including phenoxy) is 1. The summed E-state index contributed by atoms with van der Waals surface area (Å²) in [5, 5.41) is 7.53. The van der Waals surface area contributed by atoms with Crippen molar-refractivity contribution in [2.45, 2.75) is 45.9 Å². The van der Waals surface area contributed by atoms with Crippen LogP contribution in [0.3, 0.4) is 0 Å². The maximum absolute atomic E-state index is 14.0. The van der Waals surface area contributed by atoms with Gasteiger partial charge in [0.25, 0.3) is 0 Å². The lowest BCUT2D eigenvalue weighted by molar-refractivity contribution is -0.138. The second-order valence-corrected chi connectivity index (χ2v) is 6.11. The Hall–Kier alpha value is -2.71. The van der Waals surface area contributed by atoms with Gasteiger partial charge in [-0.2, -0.15) is 13.2 Å². The van der Waals surface area contributed by atoms with Gasteiger partial charge in [0.15, 0.2) is 17.2 Å². The van der Waals surface area contributed by atoms with E-state index in [9.17, 15) is 22.0 Å². The molecule has 0 radical (unpaired) electrons. The molecule has 2 rings (SSSR count). The Bertz CT molecular complexity index is 924. The van der Waals surface area contributed by atoms with Crippen molar-refractivity contribution >= 4 is 5.65 Å². The van der Waals surface area contributed by atoms with Gasteiger partial charge in [-0.1, -0.05) is 13.5 Å². The molecule has 0 amide bonds. The highest BCUT2D eigenvalue weighted by Gasteiger charge is 2.39. The molecule has 4 nitrogen and oxygen atoms in total. The van der Waals surface area contributed by atoms with Crippen LogP contribution in [0.25, 0.3) is 5.65 Å². The Morgan fingerprint density at radius 1 is 1.32 bits per heavy atom. The van der Waals surface area contributed by atoms with Crippen LogP contribution in [-0.2, 0) is 17.3 Å². The molecule has 0 saturated heterocycles. The van der Waals surface area contributed by atoms with E-state index in [-0.39, 0.29) is 11.2 Å². The Morgan fingerprint density at radius 2 is 2.00 bits per heavy atom. The first-order valence-electron chi connectivity index (χ1n) is 8.56. The molecule has 1 atom stereocenters. The van der Waals surface area contributed by atoms with Crippen molar-refractivity contribution < 1.29 is 26.7 Å². The van der Waals surface area contributed by atoms with Gasteiger partial charge < -0.3 is 4.74 Å². The number of aryl methyl sites for hydroxylation is 1. The van der Waals surface area contributed by atoms with Crippen molar-refractivity contribution in [3.8, 4) is 0 Å². The molecule has 0 aromatic carbocycles. The molecule has 1 unspecified atom stereocenters. The molecule has 0 fully saturated rings. The van der Waals surface area contributed by atoms with E-state index in [1.165, 1.54) is 23.6 Å². The zero-order valence-corrected chi connectivity index (χ0v) is 15.6. The monoisotopic (exact) mass is 401 g/mol. The first kappa shape index (κ1) is 21.6. The summed E-state index contributed by atoms with van der Waals surface area (Å²) in [5.41, 5.74) is -1.62. The third kappa shape index (κ3) is 4.58. The van der Waals surface area contributed by atoms with Gasteiger partial charge in [0.2, 0.25) is 0 Å². The summed E-state index contributed by atoms with van der Waals surface area (Å²) in [6, 6.07) is 1.23. The molecule has 2 aromatic rings. The summed E-state index contributed by atoms with van der Waals surface area (Å²) in [6.45, 7) is 7.59. The predicted octanol–water partition coefficient (Wildman–Crippen LogP) is 6.02. The fourth-order valence-electron chi connectivity index (χ4n) is 2.74. The van der Waals surface area contributed by atoms with E-state index in [0.717, 1.165) is 13.0 Å². The number of pyridine rings is 1. The fraction of sp³-hybridized carbons (Fsp3) is 0.368. The molecule has 28 heavy (non-hydrogen) atoms. The summed E-state index contributed by atoms with van der Waals surface area (Å²) in [7, 11) is 0. The van der Waals surface area contributed by atoms with Crippen LogP contribution < -0.4 is 0 Å². The lowest BCUT2D eigenvalue weighted by atomic mass is 10.0. The van der Waals surface area contributed by atoms with Crippen molar-refractivity contribution in [3.63, 3.8) is 0 Å². The van der Waals surface area contributed by atoms with Gasteiger partial charge in [0.05, 0.1) is 5.83 Å². The molecule has 0 aliphatic rings. The minimum absolute atomic E-state index is 0.247. The number of nitrogens with zero attached hydrogens (tertiary/aromatic N) is 3. The van der Waals surface area contributed by atoms with Crippen LogP contribution in [0.4, 0.5) is 22.0 Å². The summed E-state index contributed by atoms with van der Waals surface area (Å²) in [5.74, 6) is -1.96. The molecular formula is C19H20F5N3O. The molecule has 0 spiro atoms. The first-order valence-corrected chi connectivity index (χ1v) is 8.56. The molecule has 9 heteroatoms. The Balaban J connectivity index is 2.57. The smallest absolute Gasteiger partial charge is 0.420 e. The molecule has 0 N–H and O–H groups in total. The van der Waals surface area contributed by atoms with Crippen LogP contribution >= 0.6 is 0 Å². The number of aromatic nitrogens is 3. The van der Waals surface area contributed by atoms with E-state index in [1.54, 1.807) is 0 Å². The normalized spacial score (nSPS) is 14.8. The van der Waals surface area contributed by atoms with Crippen molar-refractivity contribution in [1.82, 2.24) is 14.6 Å². The third-order valence-electron chi connectivity index (χ3n) is 3.93. The van der Waals surface area contributed by atoms with Gasteiger partial charge in [-0.25, -0.2) is 8.78 Å². The zero-order valence-electron chi connectivity index (χ0n) is 15.6. The average Bonchev–Trinajstić information content (AvgIpc) is 3.00. The number of hydrogen-bond donors (Lipinski definition) is 0. The van der Waals surface area contributed by atoms with Crippen LogP contribution in [0.1, 0.15) is 50.2 Å². The standard InChI is InChI=1S/C19H20F5N3O/c1-5-7-16-25-26-18-17(19(22,23)24)13(8-9-27(16)18)12(4)28-15(6-2)14(21)10-11(3)20/h6,8-10,12H,2,5,7H2,1,3-4H3. The molecule has 0 aliphatic heterocycles. The number of halogens is 5. The van der Waals surface area contributed by atoms with E-state index < -0.39 is 35.3 Å². The van der Waals surface area contributed by atoms with E-state index in [4.69, 9.17) is 4.74 Å². The Morgan fingerprint density at radius 3 is 2.54 bits per heavy atom. The minimum Gasteiger partial charge on any atom is -0.483 e. The van der Waals surface area contributed by atoms with Crippen LogP contribution in [0.15, 0.2) is 48.4 Å². The van der Waals surface area contributed by atoms with Crippen LogP contribution in [0.2, 0.25) is 0 Å². The average molecular weight is 401 g/mol. The van der Waals surface area contributed by atoms with Crippen LogP contribution in [0, 0.1) is 0 Å². The van der Waals surface area contributed by atoms with Crippen molar-refractivity contribution in [2.24, 2.45) is 0 Å². The number of allylic oxidation sites excluding steroid dienone is 4. The van der Waals surface area contributed by atoms with Gasteiger partial charge in [0.1, 0.15) is 17.5 Å². The summed E-state index contributed by atoms with van der Waals surface area (Å²) >= 11 is 0. The van der Waals surface area contributed by atoms with Crippen LogP contribution in [-0.4, -0.2) is 14.6 Å². The lowest BCUT2D eigenvalue weighted by Gasteiger charge is -2.21. The Kier molecular flexibility index (Phi) is 6.58. The summed E-state index contributed by atoms with van der Waals surface area (Å²) in [4.78, 5) is 0. The second kappa shape index (κ2) is 8.53. The van der Waals surface area contributed by atoms with Crippen molar-refractivity contribution in [3.05, 3.63) is 65.4 Å². The van der Waals surface area contributed by atoms with E-state index >= 15 is 0 Å². The topological polar surface area (TPSA) is 39.4 Å². The minimum atomic E-state index is -4.74. The highest BCUT2D eigenvalue weighted by Crippen LogP contribution is 2.39. The number of rotatable bonds is 7. The molecule has 0 saturated carbocycles. The maximum Gasteiger partial charge on any atom is 0.420 e. The van der Waals surface area contributed by atoms with Gasteiger partial charge in [-0.15, -0.1) is 10.2 Å². The number of fused-ring (bicyclic) bond motifs is 1. The second-order valence-electron chi connectivity index (χ2n) is 6.11. The molecule has 2 aromatic heterocycles. The summed E-state index contributed by atoms with van der Waals surface area (Å²) in [6.07, 6.45) is -1.84. The molecule has 152 valence electrons. The van der Waals surface area contributed by atoms with Gasteiger partial charge in [-0.3, -0.25) is 4.40 Å². The molecular weight excluding hydrogens is 381 g/mol. The Labute approximate surface area is 159 Å². The lowest BCUT2D eigenvalue weighted by Crippen LogP contribution is -2.15. The quantitative estimate of drug-likeness (QED) is 0.324. The van der Waals surface area contributed by atoms with Gasteiger partial charge in [-0.05, 0) is 32.4 Å². The zero-order chi connectivity index (χ0) is 21.1. The van der Waals surface area contributed by atoms with Crippen molar-refractivity contribution in [2.75, 3.05) is 0 Å². The molecule has 2 heterocycles. The van der Waals surface area contributed by atoms with E-state index in [2.05, 4.69) is 16.8 Å². The molecule has 0 aliphatic carbocycles. The fourth-order valence-corrected chi connectivity index (χ4v) is 2.74. The van der Waals surface area contributed by atoms with Crippen molar-refractivity contribution in [1.29, 1.82) is 0 Å². The maximum atomic E-state index is 14.0. The third-order valence-corrected chi connectivity index (χ3v) is 3.93. The highest BCUT2D eigenvalue weighted by molar-refractivity contribution is 5.54.